The molecule has 0 bridgehead atoms. The van der Waals surface area contributed by atoms with Gasteiger partial charge < -0.3 is 10.6 Å². The van der Waals surface area contributed by atoms with Gasteiger partial charge in [-0.3, -0.25) is 4.79 Å². The first-order valence-corrected chi connectivity index (χ1v) is 7.37. The van der Waals surface area contributed by atoms with E-state index in [4.69, 9.17) is 0 Å². The summed E-state index contributed by atoms with van der Waals surface area (Å²) in [5.74, 6) is -0.406. The molecule has 1 aromatic rings. The third kappa shape index (κ3) is 2.41. The smallest absolute Gasteiger partial charge is 0.228 e. The second kappa shape index (κ2) is 4.87. The van der Waals surface area contributed by atoms with Gasteiger partial charge in [0.2, 0.25) is 5.91 Å². The zero-order valence-electron chi connectivity index (χ0n) is 10.5. The molecule has 102 valence electrons. The number of benzene rings is 1. The van der Waals surface area contributed by atoms with Gasteiger partial charge in [0, 0.05) is 10.4 Å². The van der Waals surface area contributed by atoms with Crippen LogP contribution in [0.3, 0.4) is 0 Å². The predicted molar refractivity (Wildman–Crippen MR) is 75.4 cm³/mol. The van der Waals surface area contributed by atoms with Crippen molar-refractivity contribution in [3.05, 3.63) is 28.5 Å². The Bertz CT molecular complexity index is 494. The molecular formula is C14H16BrFN2O. The molecule has 3 rings (SSSR count). The lowest BCUT2D eigenvalue weighted by Gasteiger charge is -2.23. The number of rotatable bonds is 2. The molecule has 0 aromatic heterocycles. The lowest BCUT2D eigenvalue weighted by Crippen LogP contribution is -2.31. The molecule has 0 radical (unpaired) electrons. The van der Waals surface area contributed by atoms with Crippen LogP contribution >= 0.6 is 15.9 Å². The molecule has 1 atom stereocenters. The molecule has 5 heteroatoms. The minimum absolute atomic E-state index is 0.0427. The molecule has 1 saturated heterocycles. The Morgan fingerprint density at radius 1 is 1.42 bits per heavy atom. The summed E-state index contributed by atoms with van der Waals surface area (Å²) in [5, 5.41) is 6.04. The second-order valence-electron chi connectivity index (χ2n) is 5.45. The summed E-state index contributed by atoms with van der Waals surface area (Å²) in [6.07, 6.45) is 3.03. The highest BCUT2D eigenvalue weighted by atomic mass is 79.9. The second-order valence-corrected chi connectivity index (χ2v) is 6.31. The van der Waals surface area contributed by atoms with E-state index < -0.39 is 5.82 Å². The van der Waals surface area contributed by atoms with E-state index in [1.165, 1.54) is 6.07 Å². The van der Waals surface area contributed by atoms with E-state index in [1.54, 1.807) is 12.1 Å². The van der Waals surface area contributed by atoms with E-state index in [0.29, 0.717) is 4.47 Å². The van der Waals surface area contributed by atoms with Gasteiger partial charge in [0.05, 0.1) is 5.69 Å². The molecule has 1 amide bonds. The molecule has 2 fully saturated rings. The van der Waals surface area contributed by atoms with Gasteiger partial charge in [-0.25, -0.2) is 4.39 Å². The number of hydrogen-bond donors (Lipinski definition) is 2. The van der Waals surface area contributed by atoms with Crippen molar-refractivity contribution in [2.75, 3.05) is 18.4 Å². The molecule has 2 N–H and O–H groups in total. The molecule has 1 saturated carbocycles. The van der Waals surface area contributed by atoms with Gasteiger partial charge >= 0.3 is 0 Å². The summed E-state index contributed by atoms with van der Waals surface area (Å²) in [7, 11) is 0. The van der Waals surface area contributed by atoms with E-state index in [0.717, 1.165) is 32.4 Å². The Morgan fingerprint density at radius 2 is 2.16 bits per heavy atom. The number of amides is 1. The molecule has 1 aromatic carbocycles. The van der Waals surface area contributed by atoms with Crippen molar-refractivity contribution in [1.82, 2.24) is 5.32 Å². The molecule has 3 nitrogen and oxygen atoms in total. The van der Waals surface area contributed by atoms with Crippen LogP contribution in [0.15, 0.2) is 22.7 Å². The third-order valence-corrected chi connectivity index (χ3v) is 4.98. The fourth-order valence-corrected chi connectivity index (χ4v) is 3.46. The van der Waals surface area contributed by atoms with Crippen molar-refractivity contribution in [3.63, 3.8) is 0 Å². The predicted octanol–water partition coefficient (Wildman–Crippen LogP) is 2.92. The largest absolute Gasteiger partial charge is 0.322 e. The van der Waals surface area contributed by atoms with Crippen molar-refractivity contribution < 1.29 is 9.18 Å². The van der Waals surface area contributed by atoms with Gasteiger partial charge in [-0.05, 0) is 65.8 Å². The van der Waals surface area contributed by atoms with Crippen LogP contribution in [0.2, 0.25) is 0 Å². The van der Waals surface area contributed by atoms with Gasteiger partial charge in [-0.15, -0.1) is 0 Å². The minimum atomic E-state index is -0.400. The number of halogens is 2. The first-order valence-electron chi connectivity index (χ1n) is 6.58. The summed E-state index contributed by atoms with van der Waals surface area (Å²) >= 11 is 3.27. The van der Waals surface area contributed by atoms with Gasteiger partial charge in [0.1, 0.15) is 5.82 Å². The average Bonchev–Trinajstić information content (AvgIpc) is 3.08. The van der Waals surface area contributed by atoms with E-state index in [9.17, 15) is 9.18 Å². The summed E-state index contributed by atoms with van der Waals surface area (Å²) < 4.78 is 14.3. The zero-order chi connectivity index (χ0) is 13.5. The minimum Gasteiger partial charge on any atom is -0.322 e. The normalized spacial score (nSPS) is 24.2. The highest BCUT2D eigenvalue weighted by molar-refractivity contribution is 9.10. The van der Waals surface area contributed by atoms with E-state index in [2.05, 4.69) is 26.6 Å². The maximum absolute atomic E-state index is 13.7. The monoisotopic (exact) mass is 326 g/mol. The number of carbonyl (C=O) groups is 1. The fourth-order valence-electron chi connectivity index (χ4n) is 3.02. The van der Waals surface area contributed by atoms with Gasteiger partial charge in [-0.2, -0.15) is 0 Å². The van der Waals surface area contributed by atoms with Crippen LogP contribution in [0.25, 0.3) is 0 Å². The molecule has 1 spiro atoms. The highest BCUT2D eigenvalue weighted by Gasteiger charge is 2.57. The van der Waals surface area contributed by atoms with Crippen molar-refractivity contribution in [2.24, 2.45) is 11.3 Å². The first kappa shape index (κ1) is 13.1. The molecule has 1 unspecified atom stereocenters. The summed E-state index contributed by atoms with van der Waals surface area (Å²) in [6.45, 7) is 1.96. The van der Waals surface area contributed by atoms with Crippen molar-refractivity contribution in [1.29, 1.82) is 0 Å². The molecule has 2 aliphatic rings. The fraction of sp³-hybridized carbons (Fsp3) is 0.500. The van der Waals surface area contributed by atoms with Crippen LogP contribution in [0.5, 0.6) is 0 Å². The van der Waals surface area contributed by atoms with Crippen LogP contribution in [0.4, 0.5) is 10.1 Å². The maximum Gasteiger partial charge on any atom is 0.228 e. The Hall–Kier alpha value is -0.940. The number of carbonyl (C=O) groups excluding carboxylic acids is 1. The lowest BCUT2D eigenvalue weighted by atomic mass is 9.92. The van der Waals surface area contributed by atoms with E-state index in [1.807, 2.05) is 0 Å². The molecule has 19 heavy (non-hydrogen) atoms. The molecule has 1 heterocycles. The molecule has 1 aliphatic heterocycles. The van der Waals surface area contributed by atoms with Gasteiger partial charge in [0.15, 0.2) is 0 Å². The van der Waals surface area contributed by atoms with Crippen LogP contribution in [-0.2, 0) is 4.79 Å². The maximum atomic E-state index is 13.7. The summed E-state index contributed by atoms with van der Waals surface area (Å²) in [6, 6.07) is 4.69. The summed E-state index contributed by atoms with van der Waals surface area (Å²) in [5.41, 5.74) is 0.427. The van der Waals surface area contributed by atoms with Crippen LogP contribution in [-0.4, -0.2) is 19.0 Å². The summed E-state index contributed by atoms with van der Waals surface area (Å²) in [4.78, 5) is 12.2. The molecular weight excluding hydrogens is 311 g/mol. The van der Waals surface area contributed by atoms with Crippen LogP contribution in [0, 0.1) is 17.2 Å². The van der Waals surface area contributed by atoms with Crippen LogP contribution < -0.4 is 10.6 Å². The van der Waals surface area contributed by atoms with Crippen molar-refractivity contribution >= 4 is 27.5 Å². The lowest BCUT2D eigenvalue weighted by molar-refractivity contribution is -0.118. The quantitative estimate of drug-likeness (QED) is 0.877. The first-order chi connectivity index (χ1) is 9.12. The van der Waals surface area contributed by atoms with Crippen molar-refractivity contribution in [3.8, 4) is 0 Å². The zero-order valence-corrected chi connectivity index (χ0v) is 12.1. The number of nitrogens with one attached hydrogen (secondary N) is 2. The van der Waals surface area contributed by atoms with E-state index >= 15 is 0 Å². The van der Waals surface area contributed by atoms with Gasteiger partial charge in [-0.1, -0.05) is 6.07 Å². The topological polar surface area (TPSA) is 41.1 Å². The Kier molecular flexibility index (Phi) is 3.35. The number of hydrogen-bond acceptors (Lipinski definition) is 2. The number of anilines is 1. The standard InChI is InChI=1S/C14H16BrFN2O/c15-10-2-1-3-11(16)12(10)18-13(19)9-8-14(9)4-6-17-7-5-14/h1-3,9,17H,4-8H2,(H,18,19). The van der Waals surface area contributed by atoms with Gasteiger partial charge in [0.25, 0.3) is 0 Å². The molecule has 1 aliphatic carbocycles. The highest BCUT2D eigenvalue weighted by Crippen LogP contribution is 2.58. The number of para-hydroxylation sites is 1. The Labute approximate surface area is 120 Å². The Balaban J connectivity index is 1.70. The third-order valence-electron chi connectivity index (χ3n) is 4.32. The van der Waals surface area contributed by atoms with Crippen molar-refractivity contribution in [2.45, 2.75) is 19.3 Å². The Morgan fingerprint density at radius 3 is 2.84 bits per heavy atom. The average molecular weight is 327 g/mol. The van der Waals surface area contributed by atoms with E-state index in [-0.39, 0.29) is 22.9 Å². The SMILES string of the molecule is O=C(Nc1c(F)cccc1Br)C1CC12CCNCC2. The van der Waals surface area contributed by atoms with Crippen LogP contribution in [0.1, 0.15) is 19.3 Å². The number of piperidine rings is 1.